The molecule has 0 fully saturated rings. The van der Waals surface area contributed by atoms with Crippen LogP contribution in [0.1, 0.15) is 21.5 Å². The lowest BCUT2D eigenvalue weighted by molar-refractivity contribution is 0.0697. The predicted octanol–water partition coefficient (Wildman–Crippen LogP) is 4.65. The van der Waals surface area contributed by atoms with E-state index in [0.29, 0.717) is 26.9 Å². The van der Waals surface area contributed by atoms with Crippen molar-refractivity contribution in [1.29, 1.82) is 5.26 Å². The van der Waals surface area contributed by atoms with Crippen molar-refractivity contribution >= 4 is 40.9 Å². The Morgan fingerprint density at radius 2 is 1.91 bits per heavy atom. The van der Waals surface area contributed by atoms with E-state index < -0.39 is 5.97 Å². The Labute approximate surface area is 137 Å². The molecule has 2 N–H and O–H groups in total. The molecule has 0 heterocycles. The SMILES string of the molecule is N#Cc1cc(Cl)cc(Cl)c1C=CNc1ccc(C(=O)O)cc1. The number of carboxylic acids is 1. The number of benzene rings is 2. The van der Waals surface area contributed by atoms with E-state index >= 15 is 0 Å². The number of carboxylic acid groups (broad SMARTS) is 1. The van der Waals surface area contributed by atoms with Gasteiger partial charge in [-0.15, -0.1) is 0 Å². The molecule has 110 valence electrons. The fourth-order valence-corrected chi connectivity index (χ4v) is 2.33. The Morgan fingerprint density at radius 3 is 2.50 bits per heavy atom. The van der Waals surface area contributed by atoms with E-state index in [0.717, 1.165) is 0 Å². The van der Waals surface area contributed by atoms with Gasteiger partial charge in [-0.3, -0.25) is 0 Å². The van der Waals surface area contributed by atoms with Crippen LogP contribution in [-0.4, -0.2) is 11.1 Å². The fraction of sp³-hybridized carbons (Fsp3) is 0. The lowest BCUT2D eigenvalue weighted by Crippen LogP contribution is -1.96. The smallest absolute Gasteiger partial charge is 0.335 e. The van der Waals surface area contributed by atoms with E-state index in [1.807, 2.05) is 6.07 Å². The third kappa shape index (κ3) is 3.79. The number of nitriles is 1. The average Bonchev–Trinajstić information content (AvgIpc) is 2.49. The van der Waals surface area contributed by atoms with E-state index in [-0.39, 0.29) is 5.56 Å². The minimum atomic E-state index is -0.978. The first-order valence-electron chi connectivity index (χ1n) is 6.17. The normalized spacial score (nSPS) is 10.4. The highest BCUT2D eigenvalue weighted by atomic mass is 35.5. The number of hydrogen-bond donors (Lipinski definition) is 2. The lowest BCUT2D eigenvalue weighted by Gasteiger charge is -2.04. The fourth-order valence-electron chi connectivity index (χ4n) is 1.78. The van der Waals surface area contributed by atoms with Gasteiger partial charge < -0.3 is 10.4 Å². The Morgan fingerprint density at radius 1 is 1.23 bits per heavy atom. The molecule has 6 heteroatoms. The van der Waals surface area contributed by atoms with Crippen LogP contribution in [0.15, 0.2) is 42.6 Å². The van der Waals surface area contributed by atoms with Gasteiger partial charge in [-0.1, -0.05) is 23.2 Å². The van der Waals surface area contributed by atoms with Gasteiger partial charge in [-0.05, 0) is 42.5 Å². The Balaban J connectivity index is 2.16. The van der Waals surface area contributed by atoms with E-state index in [2.05, 4.69) is 5.32 Å². The zero-order chi connectivity index (χ0) is 16.1. The summed E-state index contributed by atoms with van der Waals surface area (Å²) in [5.74, 6) is -0.978. The highest BCUT2D eigenvalue weighted by Gasteiger charge is 2.06. The first kappa shape index (κ1) is 15.9. The molecule has 0 saturated heterocycles. The summed E-state index contributed by atoms with van der Waals surface area (Å²) in [7, 11) is 0. The van der Waals surface area contributed by atoms with Crippen LogP contribution in [0.4, 0.5) is 5.69 Å². The van der Waals surface area contributed by atoms with Crippen molar-refractivity contribution in [3.05, 3.63) is 69.3 Å². The molecule has 0 saturated carbocycles. The Hall–Kier alpha value is -2.48. The summed E-state index contributed by atoms with van der Waals surface area (Å²) < 4.78 is 0. The van der Waals surface area contributed by atoms with Crippen LogP contribution in [0.5, 0.6) is 0 Å². The molecule has 0 atom stereocenters. The minimum Gasteiger partial charge on any atom is -0.478 e. The van der Waals surface area contributed by atoms with Gasteiger partial charge in [0.1, 0.15) is 0 Å². The van der Waals surface area contributed by atoms with Crippen molar-refractivity contribution in [2.45, 2.75) is 0 Å². The molecule has 4 nitrogen and oxygen atoms in total. The predicted molar refractivity (Wildman–Crippen MR) is 87.2 cm³/mol. The highest BCUT2D eigenvalue weighted by Crippen LogP contribution is 2.26. The maximum Gasteiger partial charge on any atom is 0.335 e. The Bertz CT molecular complexity index is 778. The van der Waals surface area contributed by atoms with Crippen LogP contribution in [-0.2, 0) is 0 Å². The molecule has 0 amide bonds. The van der Waals surface area contributed by atoms with Crippen molar-refractivity contribution in [3.63, 3.8) is 0 Å². The zero-order valence-corrected chi connectivity index (χ0v) is 12.7. The first-order valence-corrected chi connectivity index (χ1v) is 6.92. The van der Waals surface area contributed by atoms with Gasteiger partial charge in [0.05, 0.1) is 22.2 Å². The number of anilines is 1. The van der Waals surface area contributed by atoms with E-state index in [1.165, 1.54) is 18.2 Å². The minimum absolute atomic E-state index is 0.210. The maximum atomic E-state index is 10.8. The van der Waals surface area contributed by atoms with E-state index in [9.17, 15) is 4.79 Å². The summed E-state index contributed by atoms with van der Waals surface area (Å²) in [5.41, 5.74) is 1.85. The molecule has 0 aromatic heterocycles. The van der Waals surface area contributed by atoms with Crippen LogP contribution < -0.4 is 5.32 Å². The van der Waals surface area contributed by atoms with Crippen molar-refractivity contribution in [2.75, 3.05) is 5.32 Å². The van der Waals surface area contributed by atoms with Gasteiger partial charge in [0, 0.05) is 22.5 Å². The monoisotopic (exact) mass is 332 g/mol. The maximum absolute atomic E-state index is 10.8. The highest BCUT2D eigenvalue weighted by molar-refractivity contribution is 6.35. The molecule has 0 aliphatic rings. The van der Waals surface area contributed by atoms with Gasteiger partial charge >= 0.3 is 5.97 Å². The Kier molecular flexibility index (Phi) is 5.05. The van der Waals surface area contributed by atoms with Gasteiger partial charge in [-0.25, -0.2) is 4.79 Å². The number of hydrogen-bond acceptors (Lipinski definition) is 3. The summed E-state index contributed by atoms with van der Waals surface area (Å²) in [6.07, 6.45) is 3.27. The molecule has 0 radical (unpaired) electrons. The molecule has 2 aromatic carbocycles. The van der Waals surface area contributed by atoms with Crippen LogP contribution in [0.2, 0.25) is 10.0 Å². The number of nitrogens with zero attached hydrogens (tertiary/aromatic N) is 1. The molecule has 22 heavy (non-hydrogen) atoms. The molecule has 0 bridgehead atoms. The van der Waals surface area contributed by atoms with Crippen LogP contribution in [0.25, 0.3) is 6.08 Å². The largest absolute Gasteiger partial charge is 0.478 e. The standard InChI is InChI=1S/C16H10Cl2N2O2/c17-12-7-11(9-19)14(15(18)8-12)5-6-20-13-3-1-10(2-4-13)16(21)22/h1-8,20H,(H,21,22). The quantitative estimate of drug-likeness (QED) is 0.854. The third-order valence-corrected chi connectivity index (χ3v) is 3.38. The van der Waals surface area contributed by atoms with E-state index in [1.54, 1.807) is 30.5 Å². The first-order chi connectivity index (χ1) is 10.5. The van der Waals surface area contributed by atoms with Crippen molar-refractivity contribution < 1.29 is 9.90 Å². The molecule has 0 aliphatic carbocycles. The summed E-state index contributed by atoms with van der Waals surface area (Å²) in [6, 6.07) is 11.4. The van der Waals surface area contributed by atoms with Crippen LogP contribution in [0.3, 0.4) is 0 Å². The average molecular weight is 333 g/mol. The summed E-state index contributed by atoms with van der Waals surface area (Å²) >= 11 is 11.9. The van der Waals surface area contributed by atoms with Gasteiger partial charge in [0.25, 0.3) is 0 Å². The number of rotatable bonds is 4. The van der Waals surface area contributed by atoms with Gasteiger partial charge in [0.15, 0.2) is 0 Å². The molecular weight excluding hydrogens is 323 g/mol. The molecule has 0 aliphatic heterocycles. The number of halogens is 2. The van der Waals surface area contributed by atoms with Crippen molar-refractivity contribution in [2.24, 2.45) is 0 Å². The zero-order valence-electron chi connectivity index (χ0n) is 11.2. The third-order valence-electron chi connectivity index (χ3n) is 2.85. The number of nitrogens with one attached hydrogen (secondary N) is 1. The van der Waals surface area contributed by atoms with Crippen LogP contribution in [0, 0.1) is 11.3 Å². The molecule has 0 spiro atoms. The lowest BCUT2D eigenvalue weighted by atomic mass is 10.1. The second-order valence-corrected chi connectivity index (χ2v) is 5.16. The molecule has 2 rings (SSSR count). The van der Waals surface area contributed by atoms with Gasteiger partial charge in [0.2, 0.25) is 0 Å². The molecule has 0 unspecified atom stereocenters. The summed E-state index contributed by atoms with van der Waals surface area (Å²) in [4.78, 5) is 10.8. The van der Waals surface area contributed by atoms with Crippen molar-refractivity contribution in [1.82, 2.24) is 0 Å². The van der Waals surface area contributed by atoms with E-state index in [4.69, 9.17) is 33.6 Å². The van der Waals surface area contributed by atoms with Crippen molar-refractivity contribution in [3.8, 4) is 6.07 Å². The number of carbonyl (C=O) groups is 1. The summed E-state index contributed by atoms with van der Waals surface area (Å²) in [6.45, 7) is 0. The van der Waals surface area contributed by atoms with Gasteiger partial charge in [-0.2, -0.15) is 5.26 Å². The number of aromatic carboxylic acids is 1. The topological polar surface area (TPSA) is 73.1 Å². The second-order valence-electron chi connectivity index (χ2n) is 4.32. The molecular formula is C16H10Cl2N2O2. The molecule has 2 aromatic rings. The summed E-state index contributed by atoms with van der Waals surface area (Å²) in [5, 5.41) is 21.7. The van der Waals surface area contributed by atoms with Crippen LogP contribution >= 0.6 is 23.2 Å². The second kappa shape index (κ2) is 6.99.